The van der Waals surface area contributed by atoms with Crippen molar-refractivity contribution >= 4 is 0 Å². The van der Waals surface area contributed by atoms with Crippen molar-refractivity contribution in [3.63, 3.8) is 0 Å². The van der Waals surface area contributed by atoms with Crippen LogP contribution >= 0.6 is 0 Å². The second kappa shape index (κ2) is 6.27. The van der Waals surface area contributed by atoms with E-state index in [-0.39, 0.29) is 6.61 Å². The van der Waals surface area contributed by atoms with Crippen LogP contribution in [0.5, 0.6) is 5.75 Å². The van der Waals surface area contributed by atoms with E-state index in [9.17, 15) is 0 Å². The van der Waals surface area contributed by atoms with E-state index in [4.69, 9.17) is 10.00 Å². The summed E-state index contributed by atoms with van der Waals surface area (Å²) in [5.74, 6) is 1.66. The summed E-state index contributed by atoms with van der Waals surface area (Å²) in [4.78, 5) is 0. The summed E-state index contributed by atoms with van der Waals surface area (Å²) in [7, 11) is 0. The molecule has 0 unspecified atom stereocenters. The lowest BCUT2D eigenvalue weighted by Gasteiger charge is -2.25. The van der Waals surface area contributed by atoms with Crippen molar-refractivity contribution in [2.24, 2.45) is 5.92 Å². The summed E-state index contributed by atoms with van der Waals surface area (Å²) in [5.41, 5.74) is 1.26. The Bertz CT molecular complexity index is 376. The number of rotatable bonds is 6. The Morgan fingerprint density at radius 2 is 2.06 bits per heavy atom. The standard InChI is InChI=1S/C14H18N2O/c15-8-9-17-14-6-4-13(5-7-14)11-16-10-12-2-1-3-12/h4-7,12,16H,1-3,9-11H2. The quantitative estimate of drug-likeness (QED) is 0.816. The van der Waals surface area contributed by atoms with Gasteiger partial charge < -0.3 is 10.1 Å². The number of ether oxygens (including phenoxy) is 1. The van der Waals surface area contributed by atoms with Crippen molar-refractivity contribution in [3.05, 3.63) is 29.8 Å². The van der Waals surface area contributed by atoms with Crippen LogP contribution in [0.15, 0.2) is 24.3 Å². The van der Waals surface area contributed by atoms with Gasteiger partial charge in [0, 0.05) is 6.54 Å². The molecule has 0 bridgehead atoms. The second-order valence-corrected chi connectivity index (χ2v) is 4.52. The molecule has 0 radical (unpaired) electrons. The van der Waals surface area contributed by atoms with Crippen molar-refractivity contribution < 1.29 is 4.74 Å². The van der Waals surface area contributed by atoms with Gasteiger partial charge in [-0.1, -0.05) is 18.6 Å². The maximum Gasteiger partial charge on any atom is 0.174 e. The minimum absolute atomic E-state index is 0.110. The lowest BCUT2D eigenvalue weighted by molar-refractivity contribution is 0.301. The molecule has 1 aromatic rings. The maximum atomic E-state index is 8.39. The van der Waals surface area contributed by atoms with Gasteiger partial charge in [0.2, 0.25) is 0 Å². The van der Waals surface area contributed by atoms with Gasteiger partial charge in [-0.15, -0.1) is 0 Å². The molecule has 0 heterocycles. The van der Waals surface area contributed by atoms with Gasteiger partial charge in [0.25, 0.3) is 0 Å². The van der Waals surface area contributed by atoms with Crippen molar-refractivity contribution in [2.45, 2.75) is 25.8 Å². The average Bonchev–Trinajstić information content (AvgIpc) is 2.31. The van der Waals surface area contributed by atoms with E-state index < -0.39 is 0 Å². The Kier molecular flexibility index (Phi) is 4.40. The molecule has 1 aromatic carbocycles. The predicted octanol–water partition coefficient (Wildman–Crippen LogP) is 2.48. The maximum absolute atomic E-state index is 8.39. The Labute approximate surface area is 102 Å². The fraction of sp³-hybridized carbons (Fsp3) is 0.500. The Morgan fingerprint density at radius 1 is 1.29 bits per heavy atom. The van der Waals surface area contributed by atoms with Crippen LogP contribution in [-0.2, 0) is 6.54 Å². The van der Waals surface area contributed by atoms with Crippen molar-refractivity contribution in [1.82, 2.24) is 5.32 Å². The van der Waals surface area contributed by atoms with Gasteiger partial charge in [-0.3, -0.25) is 0 Å². The highest BCUT2D eigenvalue weighted by Gasteiger charge is 2.16. The molecule has 0 aromatic heterocycles. The Morgan fingerprint density at radius 3 is 2.65 bits per heavy atom. The first-order valence-corrected chi connectivity index (χ1v) is 6.18. The van der Waals surface area contributed by atoms with Gasteiger partial charge in [-0.2, -0.15) is 5.26 Å². The van der Waals surface area contributed by atoms with Crippen LogP contribution < -0.4 is 10.1 Å². The topological polar surface area (TPSA) is 45.0 Å². The molecule has 2 rings (SSSR count). The van der Waals surface area contributed by atoms with Crippen LogP contribution in [0.25, 0.3) is 0 Å². The molecule has 0 aliphatic heterocycles. The lowest BCUT2D eigenvalue weighted by Crippen LogP contribution is -2.26. The monoisotopic (exact) mass is 230 g/mol. The van der Waals surface area contributed by atoms with Crippen LogP contribution in [0.1, 0.15) is 24.8 Å². The molecule has 0 amide bonds. The fourth-order valence-corrected chi connectivity index (χ4v) is 1.94. The highest BCUT2D eigenvalue weighted by molar-refractivity contribution is 5.27. The van der Waals surface area contributed by atoms with Gasteiger partial charge in [0.05, 0.1) is 0 Å². The molecule has 3 heteroatoms. The normalized spacial score (nSPS) is 15.0. The van der Waals surface area contributed by atoms with Gasteiger partial charge in [0.1, 0.15) is 11.8 Å². The van der Waals surface area contributed by atoms with E-state index in [0.717, 1.165) is 24.8 Å². The summed E-state index contributed by atoms with van der Waals surface area (Å²) in [6.45, 7) is 2.15. The number of benzene rings is 1. The first kappa shape index (κ1) is 11.9. The third-order valence-corrected chi connectivity index (χ3v) is 3.21. The largest absolute Gasteiger partial charge is 0.479 e. The molecule has 1 aliphatic carbocycles. The van der Waals surface area contributed by atoms with E-state index in [0.29, 0.717) is 0 Å². The molecule has 1 aliphatic rings. The van der Waals surface area contributed by atoms with E-state index in [1.165, 1.54) is 24.8 Å². The number of hydrogen-bond donors (Lipinski definition) is 1. The predicted molar refractivity (Wildman–Crippen MR) is 66.6 cm³/mol. The van der Waals surface area contributed by atoms with Crippen molar-refractivity contribution in [2.75, 3.05) is 13.2 Å². The average molecular weight is 230 g/mol. The molecule has 17 heavy (non-hydrogen) atoms. The molecule has 1 N–H and O–H groups in total. The van der Waals surface area contributed by atoms with E-state index in [1.54, 1.807) is 0 Å². The van der Waals surface area contributed by atoms with Crippen molar-refractivity contribution in [3.8, 4) is 11.8 Å². The van der Waals surface area contributed by atoms with E-state index in [1.807, 2.05) is 30.3 Å². The Hall–Kier alpha value is -1.53. The summed E-state index contributed by atoms with van der Waals surface area (Å²) < 4.78 is 5.20. The van der Waals surface area contributed by atoms with Gasteiger partial charge in [-0.25, -0.2) is 0 Å². The lowest BCUT2D eigenvalue weighted by atomic mass is 9.85. The smallest absolute Gasteiger partial charge is 0.174 e. The molecule has 3 nitrogen and oxygen atoms in total. The third-order valence-electron chi connectivity index (χ3n) is 3.21. The summed E-state index contributed by atoms with van der Waals surface area (Å²) in [5, 5.41) is 11.9. The molecule has 90 valence electrons. The van der Waals surface area contributed by atoms with Gasteiger partial charge in [0.15, 0.2) is 6.61 Å². The number of nitrogens with one attached hydrogen (secondary N) is 1. The van der Waals surface area contributed by atoms with Crippen LogP contribution in [0.4, 0.5) is 0 Å². The van der Waals surface area contributed by atoms with Crippen LogP contribution in [-0.4, -0.2) is 13.2 Å². The molecule has 0 spiro atoms. The highest BCUT2D eigenvalue weighted by Crippen LogP contribution is 2.25. The minimum Gasteiger partial charge on any atom is -0.479 e. The highest BCUT2D eigenvalue weighted by atomic mass is 16.5. The first-order chi connectivity index (χ1) is 8.38. The summed E-state index contributed by atoms with van der Waals surface area (Å²) in [6, 6.07) is 9.87. The van der Waals surface area contributed by atoms with Gasteiger partial charge >= 0.3 is 0 Å². The zero-order valence-electron chi connectivity index (χ0n) is 9.98. The van der Waals surface area contributed by atoms with Crippen LogP contribution in [0.2, 0.25) is 0 Å². The van der Waals surface area contributed by atoms with E-state index >= 15 is 0 Å². The molecule has 0 atom stereocenters. The number of hydrogen-bond acceptors (Lipinski definition) is 3. The third kappa shape index (κ3) is 3.76. The first-order valence-electron chi connectivity index (χ1n) is 6.18. The zero-order valence-corrected chi connectivity index (χ0v) is 9.98. The molecule has 1 saturated carbocycles. The van der Waals surface area contributed by atoms with Gasteiger partial charge in [-0.05, 0) is 43.0 Å². The molecule has 1 fully saturated rings. The van der Waals surface area contributed by atoms with Crippen LogP contribution in [0, 0.1) is 17.2 Å². The Balaban J connectivity index is 1.71. The molecule has 0 saturated heterocycles. The number of nitrogens with zero attached hydrogens (tertiary/aromatic N) is 1. The van der Waals surface area contributed by atoms with E-state index in [2.05, 4.69) is 5.32 Å². The molecular weight excluding hydrogens is 212 g/mol. The van der Waals surface area contributed by atoms with Crippen LogP contribution in [0.3, 0.4) is 0 Å². The summed E-state index contributed by atoms with van der Waals surface area (Å²) in [6.07, 6.45) is 4.17. The SMILES string of the molecule is N#CCOc1ccc(CNCC2CCC2)cc1. The van der Waals surface area contributed by atoms with Crippen molar-refractivity contribution in [1.29, 1.82) is 5.26 Å². The second-order valence-electron chi connectivity index (χ2n) is 4.52. The zero-order chi connectivity index (χ0) is 11.9. The molecular formula is C14H18N2O. The number of nitriles is 1. The fourth-order valence-electron chi connectivity index (χ4n) is 1.94. The minimum atomic E-state index is 0.110. The summed E-state index contributed by atoms with van der Waals surface area (Å²) >= 11 is 0.